The number of aryl methyl sites for hydroxylation is 1. The molecule has 1 aliphatic heterocycles. The monoisotopic (exact) mass is 293 g/mol. The van der Waals surface area contributed by atoms with Crippen molar-refractivity contribution in [3.05, 3.63) is 27.8 Å². The van der Waals surface area contributed by atoms with Gasteiger partial charge >= 0.3 is 5.69 Å². The zero-order valence-corrected chi connectivity index (χ0v) is 13.3. The van der Waals surface area contributed by atoms with Gasteiger partial charge in [-0.1, -0.05) is 0 Å². The van der Waals surface area contributed by atoms with E-state index in [0.29, 0.717) is 17.8 Å². The van der Waals surface area contributed by atoms with Gasteiger partial charge in [0.05, 0.1) is 12.0 Å². The summed E-state index contributed by atoms with van der Waals surface area (Å²) in [5.41, 5.74) is 1.95. The lowest BCUT2D eigenvalue weighted by atomic mass is 10.1. The van der Waals surface area contributed by atoms with Crippen molar-refractivity contribution in [2.45, 2.75) is 32.9 Å². The molecule has 21 heavy (non-hydrogen) atoms. The van der Waals surface area contributed by atoms with Gasteiger partial charge in [0.15, 0.2) is 5.75 Å². The van der Waals surface area contributed by atoms with Crippen LogP contribution in [0.5, 0.6) is 5.75 Å². The number of hydrogen-bond acceptors (Lipinski definition) is 5. The van der Waals surface area contributed by atoms with Gasteiger partial charge in [0.1, 0.15) is 0 Å². The molecule has 1 aromatic carbocycles. The third-order valence-corrected chi connectivity index (χ3v) is 4.39. The van der Waals surface area contributed by atoms with Crippen LogP contribution in [0.15, 0.2) is 12.1 Å². The van der Waals surface area contributed by atoms with Crippen LogP contribution in [0.25, 0.3) is 0 Å². The van der Waals surface area contributed by atoms with Crippen LogP contribution in [0.3, 0.4) is 0 Å². The average Bonchev–Trinajstić information content (AvgIpc) is 2.43. The molecule has 0 N–H and O–H groups in total. The molecule has 0 bridgehead atoms. The summed E-state index contributed by atoms with van der Waals surface area (Å²) in [6, 6.07) is 4.27. The molecule has 0 unspecified atom stereocenters. The number of rotatable bonds is 3. The zero-order valence-electron chi connectivity index (χ0n) is 13.3. The Kier molecular flexibility index (Phi) is 4.37. The molecule has 1 fully saturated rings. The fourth-order valence-corrected chi connectivity index (χ4v) is 2.91. The van der Waals surface area contributed by atoms with Gasteiger partial charge in [-0.15, -0.1) is 0 Å². The Hall–Kier alpha value is -1.82. The number of methoxy groups -OCH3 is 1. The lowest BCUT2D eigenvalue weighted by molar-refractivity contribution is -0.385. The second kappa shape index (κ2) is 5.89. The lowest BCUT2D eigenvalue weighted by Gasteiger charge is -2.44. The number of ether oxygens (including phenoxy) is 1. The van der Waals surface area contributed by atoms with Crippen LogP contribution in [0.2, 0.25) is 0 Å². The average molecular weight is 293 g/mol. The lowest BCUT2D eigenvalue weighted by Crippen LogP contribution is -2.55. The second-order valence-corrected chi connectivity index (χ2v) is 5.84. The molecule has 2 atom stereocenters. The first-order chi connectivity index (χ1) is 9.85. The summed E-state index contributed by atoms with van der Waals surface area (Å²) in [6.45, 7) is 8.11. The largest absolute Gasteiger partial charge is 0.490 e. The molecular formula is C15H23N3O3. The summed E-state index contributed by atoms with van der Waals surface area (Å²) in [7, 11) is 3.60. The fourth-order valence-electron chi connectivity index (χ4n) is 2.91. The first-order valence-electron chi connectivity index (χ1n) is 7.15. The highest BCUT2D eigenvalue weighted by atomic mass is 16.6. The van der Waals surface area contributed by atoms with Crippen molar-refractivity contribution in [2.75, 3.05) is 32.1 Å². The van der Waals surface area contributed by atoms with Gasteiger partial charge in [-0.05, 0) is 33.4 Å². The Morgan fingerprint density at radius 2 is 1.86 bits per heavy atom. The molecule has 1 aromatic rings. The summed E-state index contributed by atoms with van der Waals surface area (Å²) < 4.78 is 5.19. The smallest absolute Gasteiger partial charge is 0.311 e. The number of nitro groups is 1. The van der Waals surface area contributed by atoms with E-state index in [1.54, 1.807) is 12.1 Å². The summed E-state index contributed by atoms with van der Waals surface area (Å²) in [5.74, 6) is 0.319. The normalized spacial score (nSPS) is 23.2. The van der Waals surface area contributed by atoms with E-state index >= 15 is 0 Å². The van der Waals surface area contributed by atoms with E-state index in [-0.39, 0.29) is 5.69 Å². The molecule has 116 valence electrons. The standard InChI is InChI=1S/C15H23N3O3/c1-10-6-14(18(19)20)15(21-5)7-13(10)17-8-11(2)16(4)12(3)9-17/h6-7,11-12H,8-9H2,1-5H3/t11-,12+. The van der Waals surface area contributed by atoms with Crippen molar-refractivity contribution in [3.63, 3.8) is 0 Å². The number of nitrogens with zero attached hydrogens (tertiary/aromatic N) is 3. The Balaban J connectivity index is 2.38. The minimum absolute atomic E-state index is 0.0222. The first-order valence-corrected chi connectivity index (χ1v) is 7.15. The van der Waals surface area contributed by atoms with Crippen molar-refractivity contribution < 1.29 is 9.66 Å². The molecule has 1 aliphatic rings. The van der Waals surface area contributed by atoms with Gasteiger partial charge in [0, 0.05) is 43.0 Å². The molecular weight excluding hydrogens is 270 g/mol. The summed E-state index contributed by atoms with van der Waals surface area (Å²) >= 11 is 0. The van der Waals surface area contributed by atoms with Crippen LogP contribution in [-0.2, 0) is 0 Å². The van der Waals surface area contributed by atoms with Crippen molar-refractivity contribution >= 4 is 11.4 Å². The van der Waals surface area contributed by atoms with Crippen molar-refractivity contribution in [1.29, 1.82) is 0 Å². The SMILES string of the molecule is COc1cc(N2C[C@@H](C)N(C)[C@@H](C)C2)c(C)cc1[N+](=O)[O-]. The highest BCUT2D eigenvalue weighted by Gasteiger charge is 2.28. The second-order valence-electron chi connectivity index (χ2n) is 5.84. The Bertz CT molecular complexity index is 535. The number of anilines is 1. The molecule has 1 heterocycles. The molecule has 0 aliphatic carbocycles. The quantitative estimate of drug-likeness (QED) is 0.633. The van der Waals surface area contributed by atoms with E-state index < -0.39 is 4.92 Å². The number of piperazine rings is 1. The van der Waals surface area contributed by atoms with Gasteiger partial charge in [-0.25, -0.2) is 0 Å². The highest BCUT2D eigenvalue weighted by Crippen LogP contribution is 2.35. The molecule has 1 saturated heterocycles. The van der Waals surface area contributed by atoms with Crippen LogP contribution >= 0.6 is 0 Å². The number of benzene rings is 1. The van der Waals surface area contributed by atoms with Gasteiger partial charge in [0.2, 0.25) is 0 Å². The van der Waals surface area contributed by atoms with E-state index in [9.17, 15) is 10.1 Å². The van der Waals surface area contributed by atoms with Crippen LogP contribution in [0, 0.1) is 17.0 Å². The summed E-state index contributed by atoms with van der Waals surface area (Å²) in [4.78, 5) is 15.3. The van der Waals surface area contributed by atoms with E-state index in [4.69, 9.17) is 4.74 Å². The highest BCUT2D eigenvalue weighted by molar-refractivity contribution is 5.64. The Morgan fingerprint density at radius 1 is 1.29 bits per heavy atom. The van der Waals surface area contributed by atoms with E-state index in [0.717, 1.165) is 24.3 Å². The van der Waals surface area contributed by atoms with Crippen LogP contribution in [0.1, 0.15) is 19.4 Å². The van der Waals surface area contributed by atoms with Gasteiger partial charge in [-0.3, -0.25) is 15.0 Å². The molecule has 2 rings (SSSR count). The third-order valence-electron chi connectivity index (χ3n) is 4.39. The van der Waals surface area contributed by atoms with Crippen LogP contribution in [0.4, 0.5) is 11.4 Å². The number of nitro benzene ring substituents is 1. The molecule has 0 amide bonds. The van der Waals surface area contributed by atoms with Crippen LogP contribution < -0.4 is 9.64 Å². The van der Waals surface area contributed by atoms with Gasteiger partial charge in [-0.2, -0.15) is 0 Å². The number of likely N-dealkylation sites (N-methyl/N-ethyl adjacent to an activating group) is 1. The van der Waals surface area contributed by atoms with E-state index in [1.165, 1.54) is 7.11 Å². The van der Waals surface area contributed by atoms with E-state index in [2.05, 4.69) is 30.7 Å². The van der Waals surface area contributed by atoms with Crippen molar-refractivity contribution in [1.82, 2.24) is 4.90 Å². The molecule has 0 spiro atoms. The van der Waals surface area contributed by atoms with Crippen LogP contribution in [-0.4, -0.2) is 49.2 Å². The predicted molar refractivity (Wildman–Crippen MR) is 83.3 cm³/mol. The topological polar surface area (TPSA) is 58.8 Å². The maximum Gasteiger partial charge on any atom is 0.311 e. The maximum absolute atomic E-state index is 11.1. The van der Waals surface area contributed by atoms with Gasteiger partial charge in [0.25, 0.3) is 0 Å². The first kappa shape index (κ1) is 15.6. The minimum Gasteiger partial charge on any atom is -0.490 e. The minimum atomic E-state index is -0.398. The van der Waals surface area contributed by atoms with E-state index in [1.807, 2.05) is 6.92 Å². The number of hydrogen-bond donors (Lipinski definition) is 0. The zero-order chi connectivity index (χ0) is 15.7. The Labute approximate surface area is 125 Å². The molecule has 6 nitrogen and oxygen atoms in total. The summed E-state index contributed by atoms with van der Waals surface area (Å²) in [5, 5.41) is 11.1. The Morgan fingerprint density at radius 3 is 2.33 bits per heavy atom. The molecule has 0 saturated carbocycles. The van der Waals surface area contributed by atoms with Gasteiger partial charge < -0.3 is 9.64 Å². The van der Waals surface area contributed by atoms with Crippen molar-refractivity contribution in [2.24, 2.45) is 0 Å². The molecule has 0 aromatic heterocycles. The predicted octanol–water partition coefficient (Wildman–Crippen LogP) is 2.44. The molecule has 6 heteroatoms. The summed E-state index contributed by atoms with van der Waals surface area (Å²) in [6.07, 6.45) is 0. The molecule has 0 radical (unpaired) electrons. The third kappa shape index (κ3) is 2.95. The maximum atomic E-state index is 11.1. The van der Waals surface area contributed by atoms with Crippen molar-refractivity contribution in [3.8, 4) is 5.75 Å². The fraction of sp³-hybridized carbons (Fsp3) is 0.600.